The largest absolute Gasteiger partial charge is 0.357 e. The smallest absolute Gasteiger partial charge is 0.191 e. The molecule has 2 aromatic heterocycles. The Morgan fingerprint density at radius 3 is 2.77 bits per heavy atom. The third-order valence-corrected chi connectivity index (χ3v) is 3.08. The van der Waals surface area contributed by atoms with Crippen LogP contribution in [0, 0.1) is 0 Å². The van der Waals surface area contributed by atoms with Crippen LogP contribution in [-0.4, -0.2) is 38.6 Å². The molecule has 0 aromatic carbocycles. The molecular weight excluding hydrogens is 393 g/mol. The van der Waals surface area contributed by atoms with E-state index in [1.165, 1.54) is 0 Å². The third-order valence-electron chi connectivity index (χ3n) is 3.08. The molecule has 0 saturated carbocycles. The van der Waals surface area contributed by atoms with Gasteiger partial charge in [0.25, 0.3) is 0 Å². The van der Waals surface area contributed by atoms with Gasteiger partial charge in [0, 0.05) is 45.3 Å². The molecule has 0 saturated heterocycles. The average Bonchev–Trinajstić information content (AvgIpc) is 3.12. The van der Waals surface area contributed by atoms with Gasteiger partial charge >= 0.3 is 0 Å². The van der Waals surface area contributed by atoms with E-state index in [2.05, 4.69) is 32.7 Å². The fraction of sp³-hybridized carbons (Fsp3) is 0.500. The molecule has 0 bridgehead atoms. The summed E-state index contributed by atoms with van der Waals surface area (Å²) in [6, 6.07) is 3.91. The Labute approximate surface area is 148 Å². The van der Waals surface area contributed by atoms with Crippen molar-refractivity contribution in [3.63, 3.8) is 0 Å². The standard InChI is InChI=1S/C14H23N7.HI/c1-3-15-14(17-12-13-6-9-18-20(13)2)16-7-4-10-21-11-5-8-19-21;/h5-6,8-9,11H,3-4,7,10,12H2,1-2H3,(H2,15,16,17);1H. The number of aromatic nitrogens is 4. The first-order valence-electron chi connectivity index (χ1n) is 7.26. The molecule has 0 spiro atoms. The lowest BCUT2D eigenvalue weighted by atomic mass is 10.4. The Hall–Kier alpha value is -1.58. The van der Waals surface area contributed by atoms with Crippen molar-refractivity contribution in [1.82, 2.24) is 30.2 Å². The van der Waals surface area contributed by atoms with Crippen molar-refractivity contribution in [2.45, 2.75) is 26.4 Å². The highest BCUT2D eigenvalue weighted by Crippen LogP contribution is 1.98. The molecule has 0 unspecified atom stereocenters. The van der Waals surface area contributed by atoms with Crippen LogP contribution in [-0.2, 0) is 20.1 Å². The molecule has 2 heterocycles. The van der Waals surface area contributed by atoms with Crippen LogP contribution in [0.25, 0.3) is 0 Å². The number of hydrogen-bond acceptors (Lipinski definition) is 3. The van der Waals surface area contributed by atoms with Crippen molar-refractivity contribution in [1.29, 1.82) is 0 Å². The van der Waals surface area contributed by atoms with E-state index in [0.717, 1.165) is 37.7 Å². The summed E-state index contributed by atoms with van der Waals surface area (Å²) in [5.41, 5.74) is 1.09. The SMILES string of the molecule is CCNC(=NCc1ccnn1C)NCCCn1cccn1.I. The summed E-state index contributed by atoms with van der Waals surface area (Å²) in [4.78, 5) is 4.56. The van der Waals surface area contributed by atoms with Crippen LogP contribution in [0.4, 0.5) is 0 Å². The van der Waals surface area contributed by atoms with E-state index in [-0.39, 0.29) is 24.0 Å². The number of halogens is 1. The van der Waals surface area contributed by atoms with E-state index >= 15 is 0 Å². The van der Waals surface area contributed by atoms with Crippen LogP contribution in [0.5, 0.6) is 0 Å². The maximum atomic E-state index is 4.56. The van der Waals surface area contributed by atoms with Gasteiger partial charge in [-0.05, 0) is 25.5 Å². The molecule has 8 heteroatoms. The van der Waals surface area contributed by atoms with Gasteiger partial charge in [0.05, 0.1) is 12.2 Å². The van der Waals surface area contributed by atoms with Gasteiger partial charge in [-0.15, -0.1) is 24.0 Å². The van der Waals surface area contributed by atoms with E-state index in [0.29, 0.717) is 6.54 Å². The Kier molecular flexibility index (Phi) is 8.56. The molecule has 0 atom stereocenters. The van der Waals surface area contributed by atoms with Crippen LogP contribution in [0.15, 0.2) is 35.7 Å². The lowest BCUT2D eigenvalue weighted by molar-refractivity contribution is 0.570. The zero-order chi connectivity index (χ0) is 14.9. The normalized spacial score (nSPS) is 11.1. The molecule has 0 aliphatic rings. The molecule has 0 aliphatic carbocycles. The van der Waals surface area contributed by atoms with Crippen LogP contribution >= 0.6 is 24.0 Å². The second-order valence-electron chi connectivity index (χ2n) is 4.69. The molecule has 0 radical (unpaired) electrons. The predicted molar refractivity (Wildman–Crippen MR) is 98.3 cm³/mol. The zero-order valence-corrected chi connectivity index (χ0v) is 15.4. The number of nitrogens with zero attached hydrogens (tertiary/aromatic N) is 5. The summed E-state index contributed by atoms with van der Waals surface area (Å²) >= 11 is 0. The van der Waals surface area contributed by atoms with Crippen LogP contribution < -0.4 is 10.6 Å². The van der Waals surface area contributed by atoms with Crippen molar-refractivity contribution in [3.8, 4) is 0 Å². The predicted octanol–water partition coefficient (Wildman–Crippen LogP) is 1.38. The highest BCUT2D eigenvalue weighted by Gasteiger charge is 2.00. The molecular formula is C14H24IN7. The van der Waals surface area contributed by atoms with Crippen molar-refractivity contribution in [3.05, 3.63) is 36.4 Å². The average molecular weight is 417 g/mol. The van der Waals surface area contributed by atoms with E-state index in [9.17, 15) is 0 Å². The first kappa shape index (κ1) is 18.5. The maximum absolute atomic E-state index is 4.56. The molecule has 0 fully saturated rings. The van der Waals surface area contributed by atoms with Gasteiger partial charge in [-0.1, -0.05) is 0 Å². The Morgan fingerprint density at radius 1 is 1.27 bits per heavy atom. The van der Waals surface area contributed by atoms with Crippen molar-refractivity contribution >= 4 is 29.9 Å². The van der Waals surface area contributed by atoms with Crippen LogP contribution in [0.1, 0.15) is 19.0 Å². The van der Waals surface area contributed by atoms with Gasteiger partial charge in [0.2, 0.25) is 0 Å². The summed E-state index contributed by atoms with van der Waals surface area (Å²) in [5.74, 6) is 0.833. The maximum Gasteiger partial charge on any atom is 0.191 e. The number of rotatable bonds is 7. The molecule has 0 aliphatic heterocycles. The fourth-order valence-corrected chi connectivity index (χ4v) is 1.94. The number of aliphatic imine (C=N–C) groups is 1. The molecule has 2 N–H and O–H groups in total. The minimum absolute atomic E-state index is 0. The van der Waals surface area contributed by atoms with Crippen LogP contribution in [0.3, 0.4) is 0 Å². The molecule has 22 heavy (non-hydrogen) atoms. The van der Waals surface area contributed by atoms with Gasteiger partial charge in [-0.2, -0.15) is 10.2 Å². The van der Waals surface area contributed by atoms with Gasteiger partial charge in [0.15, 0.2) is 5.96 Å². The first-order chi connectivity index (χ1) is 10.3. The summed E-state index contributed by atoms with van der Waals surface area (Å²) in [7, 11) is 1.93. The van der Waals surface area contributed by atoms with E-state index in [4.69, 9.17) is 0 Å². The summed E-state index contributed by atoms with van der Waals surface area (Å²) in [5, 5.41) is 14.9. The molecule has 122 valence electrons. The van der Waals surface area contributed by atoms with Crippen molar-refractivity contribution < 1.29 is 0 Å². The lowest BCUT2D eigenvalue weighted by Gasteiger charge is -2.11. The Bertz CT molecular complexity index is 547. The molecule has 7 nitrogen and oxygen atoms in total. The molecule has 0 amide bonds. The van der Waals surface area contributed by atoms with Crippen LogP contribution in [0.2, 0.25) is 0 Å². The van der Waals surface area contributed by atoms with E-state index in [1.807, 2.05) is 34.7 Å². The number of nitrogens with one attached hydrogen (secondary N) is 2. The van der Waals surface area contributed by atoms with Crippen molar-refractivity contribution in [2.75, 3.05) is 13.1 Å². The van der Waals surface area contributed by atoms with Gasteiger partial charge in [-0.25, -0.2) is 4.99 Å². The number of guanidine groups is 1. The monoisotopic (exact) mass is 417 g/mol. The van der Waals surface area contributed by atoms with Gasteiger partial charge in [0.1, 0.15) is 0 Å². The highest BCUT2D eigenvalue weighted by molar-refractivity contribution is 14.0. The second kappa shape index (κ2) is 10.2. The first-order valence-corrected chi connectivity index (χ1v) is 7.26. The second-order valence-corrected chi connectivity index (χ2v) is 4.69. The molecule has 2 rings (SSSR count). The topological polar surface area (TPSA) is 72.1 Å². The summed E-state index contributed by atoms with van der Waals surface area (Å²) in [6.45, 7) is 5.28. The summed E-state index contributed by atoms with van der Waals surface area (Å²) < 4.78 is 3.77. The minimum Gasteiger partial charge on any atom is -0.357 e. The number of hydrogen-bond donors (Lipinski definition) is 2. The Morgan fingerprint density at radius 2 is 2.14 bits per heavy atom. The van der Waals surface area contributed by atoms with Gasteiger partial charge < -0.3 is 10.6 Å². The third kappa shape index (κ3) is 6.04. The van der Waals surface area contributed by atoms with Gasteiger partial charge in [-0.3, -0.25) is 9.36 Å². The molecule has 2 aromatic rings. The fourth-order valence-electron chi connectivity index (χ4n) is 1.94. The number of aryl methyl sites for hydroxylation is 2. The van der Waals surface area contributed by atoms with E-state index < -0.39 is 0 Å². The Balaban J connectivity index is 0.00000242. The minimum atomic E-state index is 0. The quantitative estimate of drug-likeness (QED) is 0.309. The summed E-state index contributed by atoms with van der Waals surface area (Å²) in [6.07, 6.45) is 6.56. The van der Waals surface area contributed by atoms with Crippen molar-refractivity contribution in [2.24, 2.45) is 12.0 Å². The highest BCUT2D eigenvalue weighted by atomic mass is 127. The zero-order valence-electron chi connectivity index (χ0n) is 13.1. The lowest BCUT2D eigenvalue weighted by Crippen LogP contribution is -2.38. The van der Waals surface area contributed by atoms with E-state index in [1.54, 1.807) is 12.4 Å².